The summed E-state index contributed by atoms with van der Waals surface area (Å²) in [5, 5.41) is 17.0. The Morgan fingerprint density at radius 3 is 2.60 bits per heavy atom. The van der Waals surface area contributed by atoms with Crippen LogP contribution in [0.25, 0.3) is 0 Å². The first-order valence-electron chi connectivity index (χ1n) is 5.59. The first kappa shape index (κ1) is 14.0. The zero-order valence-corrected chi connectivity index (χ0v) is 11.6. The molecule has 1 aromatic heterocycles. The lowest BCUT2D eigenvalue weighted by atomic mass is 10.1. The number of H-pyrrole nitrogens is 1. The normalized spacial score (nSPS) is 11.3. The van der Waals surface area contributed by atoms with Crippen molar-refractivity contribution >= 4 is 21.5 Å². The molecule has 2 aromatic rings. The van der Waals surface area contributed by atoms with Gasteiger partial charge in [0.15, 0.2) is 0 Å². The molecule has 0 amide bonds. The maximum Gasteiger partial charge on any atom is 0.273 e. The smallest absolute Gasteiger partial charge is 0.264 e. The van der Waals surface area contributed by atoms with Crippen LogP contribution in [0, 0.1) is 24.0 Å². The molecular formula is C11H12N4O4S. The molecule has 1 heterocycles. The van der Waals surface area contributed by atoms with Crippen molar-refractivity contribution in [1.29, 1.82) is 0 Å². The number of benzene rings is 1. The Hall–Kier alpha value is -2.42. The summed E-state index contributed by atoms with van der Waals surface area (Å²) in [5.74, 6) is 0.186. The van der Waals surface area contributed by atoms with E-state index in [0.29, 0.717) is 11.1 Å². The topological polar surface area (TPSA) is 118 Å². The number of anilines is 1. The SMILES string of the molecule is Cc1cc(S(=O)(=O)Nc2ccn[nH]2)cc([N+](=O)[O-])c1C. The summed E-state index contributed by atoms with van der Waals surface area (Å²) < 4.78 is 26.6. The molecular weight excluding hydrogens is 284 g/mol. The number of nitro benzene ring substituents is 1. The third kappa shape index (κ3) is 2.62. The number of nitrogens with one attached hydrogen (secondary N) is 2. The summed E-state index contributed by atoms with van der Waals surface area (Å²) in [7, 11) is -3.90. The largest absolute Gasteiger partial charge is 0.273 e. The monoisotopic (exact) mass is 296 g/mol. The summed E-state index contributed by atoms with van der Waals surface area (Å²) in [4.78, 5) is 10.2. The van der Waals surface area contributed by atoms with E-state index in [2.05, 4.69) is 14.9 Å². The molecule has 0 atom stereocenters. The molecule has 1 aromatic carbocycles. The number of nitro groups is 1. The van der Waals surface area contributed by atoms with E-state index in [9.17, 15) is 18.5 Å². The van der Waals surface area contributed by atoms with Gasteiger partial charge in [0.1, 0.15) is 5.82 Å². The summed E-state index contributed by atoms with van der Waals surface area (Å²) in [5.41, 5.74) is 0.745. The van der Waals surface area contributed by atoms with Gasteiger partial charge in [-0.1, -0.05) is 0 Å². The van der Waals surface area contributed by atoms with E-state index in [-0.39, 0.29) is 16.4 Å². The molecule has 0 aliphatic heterocycles. The Labute approximate surface area is 115 Å². The van der Waals surface area contributed by atoms with E-state index in [1.165, 1.54) is 18.3 Å². The van der Waals surface area contributed by atoms with E-state index in [1.54, 1.807) is 13.8 Å². The minimum absolute atomic E-state index is 0.165. The van der Waals surface area contributed by atoms with Crippen LogP contribution in [0.4, 0.5) is 11.5 Å². The lowest BCUT2D eigenvalue weighted by Gasteiger charge is -2.08. The number of hydrogen-bond donors (Lipinski definition) is 2. The van der Waals surface area contributed by atoms with Gasteiger partial charge >= 0.3 is 0 Å². The molecule has 0 fully saturated rings. The van der Waals surface area contributed by atoms with Gasteiger partial charge in [-0.05, 0) is 25.5 Å². The number of aromatic nitrogens is 2. The van der Waals surface area contributed by atoms with Crippen molar-refractivity contribution in [1.82, 2.24) is 10.2 Å². The van der Waals surface area contributed by atoms with Gasteiger partial charge < -0.3 is 0 Å². The van der Waals surface area contributed by atoms with Crippen LogP contribution in [0.1, 0.15) is 11.1 Å². The van der Waals surface area contributed by atoms with Gasteiger partial charge in [0.2, 0.25) is 0 Å². The number of hydrogen-bond acceptors (Lipinski definition) is 5. The fourth-order valence-corrected chi connectivity index (χ4v) is 2.79. The molecule has 2 N–H and O–H groups in total. The second-order valence-corrected chi connectivity index (χ2v) is 5.90. The lowest BCUT2D eigenvalue weighted by molar-refractivity contribution is -0.385. The van der Waals surface area contributed by atoms with Crippen molar-refractivity contribution in [3.8, 4) is 0 Å². The molecule has 0 bridgehead atoms. The van der Waals surface area contributed by atoms with E-state index in [4.69, 9.17) is 0 Å². The highest BCUT2D eigenvalue weighted by atomic mass is 32.2. The molecule has 0 saturated heterocycles. The zero-order chi connectivity index (χ0) is 14.9. The van der Waals surface area contributed by atoms with Gasteiger partial charge in [-0.25, -0.2) is 8.42 Å². The van der Waals surface area contributed by atoms with Crippen LogP contribution in [0.15, 0.2) is 29.3 Å². The molecule has 2 rings (SSSR count). The van der Waals surface area contributed by atoms with E-state index in [0.717, 1.165) is 6.07 Å². The average molecular weight is 296 g/mol. The Kier molecular flexibility index (Phi) is 3.45. The minimum atomic E-state index is -3.90. The molecule has 20 heavy (non-hydrogen) atoms. The number of aromatic amines is 1. The third-order valence-corrected chi connectivity index (χ3v) is 4.21. The fraction of sp³-hybridized carbons (Fsp3) is 0.182. The van der Waals surface area contributed by atoms with Gasteiger partial charge in [0.05, 0.1) is 16.0 Å². The van der Waals surface area contributed by atoms with Crippen LogP contribution < -0.4 is 4.72 Å². The van der Waals surface area contributed by atoms with Crippen LogP contribution >= 0.6 is 0 Å². The Bertz CT molecular complexity index is 753. The quantitative estimate of drug-likeness (QED) is 0.658. The molecule has 106 valence electrons. The average Bonchev–Trinajstić information content (AvgIpc) is 2.83. The molecule has 0 unspecified atom stereocenters. The maximum atomic E-state index is 12.2. The minimum Gasteiger partial charge on any atom is -0.264 e. The van der Waals surface area contributed by atoms with Crippen LogP contribution in [-0.4, -0.2) is 23.5 Å². The van der Waals surface area contributed by atoms with Gasteiger partial charge in [0.25, 0.3) is 15.7 Å². The van der Waals surface area contributed by atoms with Crippen molar-refractivity contribution in [3.05, 3.63) is 45.6 Å². The summed E-state index contributed by atoms with van der Waals surface area (Å²) in [6.45, 7) is 3.20. The number of nitrogens with zero attached hydrogens (tertiary/aromatic N) is 2. The molecule has 9 heteroatoms. The van der Waals surface area contributed by atoms with Crippen LogP contribution in [0.5, 0.6) is 0 Å². The lowest BCUT2D eigenvalue weighted by Crippen LogP contribution is -2.14. The van der Waals surface area contributed by atoms with E-state index >= 15 is 0 Å². The van der Waals surface area contributed by atoms with Gasteiger partial charge in [-0.3, -0.25) is 19.9 Å². The highest BCUT2D eigenvalue weighted by molar-refractivity contribution is 7.92. The van der Waals surface area contributed by atoms with Gasteiger partial charge in [-0.15, -0.1) is 0 Å². The second-order valence-electron chi connectivity index (χ2n) is 4.22. The Balaban J connectivity index is 2.49. The zero-order valence-electron chi connectivity index (χ0n) is 10.7. The summed E-state index contributed by atoms with van der Waals surface area (Å²) >= 11 is 0. The highest BCUT2D eigenvalue weighted by Crippen LogP contribution is 2.26. The molecule has 8 nitrogen and oxygen atoms in total. The third-order valence-electron chi connectivity index (χ3n) is 2.87. The molecule has 0 aliphatic rings. The Morgan fingerprint density at radius 1 is 1.35 bits per heavy atom. The number of sulfonamides is 1. The second kappa shape index (κ2) is 4.93. The predicted octanol–water partition coefficient (Wildman–Crippen LogP) is 1.74. The maximum absolute atomic E-state index is 12.2. The van der Waals surface area contributed by atoms with Crippen molar-refractivity contribution in [2.45, 2.75) is 18.7 Å². The molecule has 0 aliphatic carbocycles. The molecule has 0 radical (unpaired) electrons. The van der Waals surface area contributed by atoms with Crippen LogP contribution in [0.3, 0.4) is 0 Å². The van der Waals surface area contributed by atoms with Crippen molar-refractivity contribution < 1.29 is 13.3 Å². The van der Waals surface area contributed by atoms with Crippen LogP contribution in [0.2, 0.25) is 0 Å². The molecule has 0 spiro atoms. The number of rotatable bonds is 4. The van der Waals surface area contributed by atoms with Crippen LogP contribution in [-0.2, 0) is 10.0 Å². The molecule has 0 saturated carbocycles. The van der Waals surface area contributed by atoms with Gasteiger partial charge in [0, 0.05) is 17.7 Å². The first-order chi connectivity index (χ1) is 9.31. The number of aryl methyl sites for hydroxylation is 1. The van der Waals surface area contributed by atoms with Gasteiger partial charge in [-0.2, -0.15) is 5.10 Å². The summed E-state index contributed by atoms with van der Waals surface area (Å²) in [6.07, 6.45) is 1.39. The Morgan fingerprint density at radius 2 is 2.05 bits per heavy atom. The van der Waals surface area contributed by atoms with E-state index < -0.39 is 14.9 Å². The van der Waals surface area contributed by atoms with E-state index in [1.807, 2.05) is 0 Å². The first-order valence-corrected chi connectivity index (χ1v) is 7.07. The van der Waals surface area contributed by atoms with Crippen molar-refractivity contribution in [3.63, 3.8) is 0 Å². The predicted molar refractivity (Wildman–Crippen MR) is 72.0 cm³/mol. The van der Waals surface area contributed by atoms with Crippen molar-refractivity contribution in [2.75, 3.05) is 4.72 Å². The fourth-order valence-electron chi connectivity index (χ4n) is 1.67. The van der Waals surface area contributed by atoms with Crippen molar-refractivity contribution in [2.24, 2.45) is 0 Å². The standard InChI is InChI=1S/C11H12N4O4S/c1-7-5-9(6-10(8(7)2)15(16)17)20(18,19)14-11-3-4-12-13-11/h3-6H,1-2H3,(H2,12,13,14). The highest BCUT2D eigenvalue weighted by Gasteiger charge is 2.22. The summed E-state index contributed by atoms with van der Waals surface area (Å²) in [6, 6.07) is 3.87.